The molecule has 0 fully saturated rings. The Morgan fingerprint density at radius 3 is 1.88 bits per heavy atom. The van der Waals surface area contributed by atoms with Gasteiger partial charge in [0.2, 0.25) is 0 Å². The summed E-state index contributed by atoms with van der Waals surface area (Å²) in [4.78, 5) is 11.5. The fourth-order valence-corrected chi connectivity index (χ4v) is 2.10. The lowest BCUT2D eigenvalue weighted by Gasteiger charge is -2.27. The van der Waals surface area contributed by atoms with E-state index in [1.165, 1.54) is 0 Å². The first-order valence-corrected chi connectivity index (χ1v) is 8.57. The number of carbonyl (C=O) groups excluding carboxylic acids is 1. The highest BCUT2D eigenvalue weighted by Crippen LogP contribution is 2.12. The molecule has 6 nitrogen and oxygen atoms in total. The van der Waals surface area contributed by atoms with Crippen molar-refractivity contribution in [2.75, 3.05) is 6.61 Å². The molecule has 0 heterocycles. The monoisotopic (exact) mass is 252 g/mol. The van der Waals surface area contributed by atoms with Gasteiger partial charge in [0.25, 0.3) is 0 Å². The normalized spacial score (nSPS) is 20.0. The zero-order valence-corrected chi connectivity index (χ0v) is 10.7. The van der Waals surface area contributed by atoms with Gasteiger partial charge in [-0.3, -0.25) is 4.79 Å². The quantitative estimate of drug-likeness (QED) is 0.345. The number of aliphatic hydroxyl groups excluding tert-OH is 5. The van der Waals surface area contributed by atoms with E-state index in [-0.39, 0.29) is 0 Å². The molecule has 0 spiro atoms. The molecule has 0 bridgehead atoms. The molecule has 0 aliphatic rings. The average molecular weight is 252 g/mol. The molecule has 4 atom stereocenters. The van der Waals surface area contributed by atoms with Crippen molar-refractivity contribution in [3.8, 4) is 0 Å². The summed E-state index contributed by atoms with van der Waals surface area (Å²) in [5.41, 5.74) is -1.32. The SMILES string of the molecule is C[Si](C)(C)C(O)C(=O)[C@@H](O)[C@H](O)[C@H](O)CO. The summed E-state index contributed by atoms with van der Waals surface area (Å²) in [6, 6.07) is 0. The van der Waals surface area contributed by atoms with Crippen molar-refractivity contribution < 1.29 is 30.3 Å². The van der Waals surface area contributed by atoms with Crippen LogP contribution in [0.3, 0.4) is 0 Å². The maximum absolute atomic E-state index is 11.5. The summed E-state index contributed by atoms with van der Waals surface area (Å²) in [5.74, 6) is -0.917. The number of hydrogen-bond donors (Lipinski definition) is 5. The number of rotatable bonds is 6. The molecule has 0 amide bonds. The van der Waals surface area contributed by atoms with Crippen LogP contribution in [0.1, 0.15) is 0 Å². The standard InChI is InChI=1S/C9H20O6Si/c1-16(2,3)9(15)8(14)7(13)6(12)5(11)4-10/h5-7,9-13,15H,4H2,1-3H3/t5-,6-,7+,9?/m1/s1. The molecular weight excluding hydrogens is 232 g/mol. The Balaban J connectivity index is 4.62. The van der Waals surface area contributed by atoms with Gasteiger partial charge >= 0.3 is 0 Å². The molecule has 0 aliphatic carbocycles. The van der Waals surface area contributed by atoms with Gasteiger partial charge in [0.05, 0.1) is 14.7 Å². The van der Waals surface area contributed by atoms with Crippen molar-refractivity contribution in [1.82, 2.24) is 0 Å². The maximum atomic E-state index is 11.5. The molecular formula is C9H20O6Si. The Labute approximate surface area is 95.2 Å². The van der Waals surface area contributed by atoms with Crippen LogP contribution in [0.2, 0.25) is 19.6 Å². The summed E-state index contributed by atoms with van der Waals surface area (Å²) in [6.45, 7) is 4.43. The molecule has 0 aromatic heterocycles. The maximum Gasteiger partial charge on any atom is 0.188 e. The second-order valence-corrected chi connectivity index (χ2v) is 10.1. The van der Waals surface area contributed by atoms with Crippen LogP contribution >= 0.6 is 0 Å². The smallest absolute Gasteiger partial charge is 0.188 e. The van der Waals surface area contributed by atoms with Crippen LogP contribution in [0.25, 0.3) is 0 Å². The molecule has 0 aromatic rings. The molecule has 16 heavy (non-hydrogen) atoms. The average Bonchev–Trinajstić information content (AvgIpc) is 2.22. The number of hydrogen-bond acceptors (Lipinski definition) is 6. The summed E-state index contributed by atoms with van der Waals surface area (Å²) in [5, 5.41) is 45.9. The van der Waals surface area contributed by atoms with Gasteiger partial charge in [0, 0.05) is 0 Å². The zero-order valence-electron chi connectivity index (χ0n) is 9.66. The summed E-state index contributed by atoms with van der Waals surface area (Å²) in [7, 11) is -2.19. The van der Waals surface area contributed by atoms with Crippen LogP contribution in [-0.4, -0.2) is 70.0 Å². The van der Waals surface area contributed by atoms with E-state index in [0.29, 0.717) is 0 Å². The Morgan fingerprint density at radius 2 is 1.56 bits per heavy atom. The van der Waals surface area contributed by atoms with Crippen molar-refractivity contribution >= 4 is 13.9 Å². The molecule has 0 aromatic carbocycles. The minimum atomic E-state index is -2.19. The predicted molar refractivity (Wildman–Crippen MR) is 59.5 cm³/mol. The van der Waals surface area contributed by atoms with E-state index in [0.717, 1.165) is 0 Å². The Bertz CT molecular complexity index is 239. The van der Waals surface area contributed by atoms with Crippen LogP contribution in [0.5, 0.6) is 0 Å². The fourth-order valence-electron chi connectivity index (χ4n) is 1.08. The third-order valence-electron chi connectivity index (χ3n) is 2.29. The third-order valence-corrected chi connectivity index (χ3v) is 4.21. The lowest BCUT2D eigenvalue weighted by molar-refractivity contribution is -0.145. The molecule has 0 rings (SSSR count). The van der Waals surface area contributed by atoms with Crippen LogP contribution < -0.4 is 0 Å². The number of Topliss-reactive ketones (excluding diaryl/α,β-unsaturated/α-hetero) is 1. The Kier molecular flexibility index (Phi) is 5.74. The molecule has 0 aliphatic heterocycles. The van der Waals surface area contributed by atoms with E-state index in [9.17, 15) is 20.1 Å². The van der Waals surface area contributed by atoms with Crippen molar-refractivity contribution in [1.29, 1.82) is 0 Å². The van der Waals surface area contributed by atoms with Gasteiger partial charge in [-0.25, -0.2) is 0 Å². The third kappa shape index (κ3) is 3.93. The summed E-state index contributed by atoms with van der Waals surface area (Å²) < 4.78 is 0. The van der Waals surface area contributed by atoms with Crippen LogP contribution in [0.15, 0.2) is 0 Å². The number of ketones is 1. The minimum absolute atomic E-state index is 0.769. The van der Waals surface area contributed by atoms with Crippen molar-refractivity contribution in [2.24, 2.45) is 0 Å². The molecule has 7 heteroatoms. The predicted octanol–water partition coefficient (Wildman–Crippen LogP) is -2.13. The molecule has 1 unspecified atom stereocenters. The van der Waals surface area contributed by atoms with Gasteiger partial charge in [-0.1, -0.05) is 19.6 Å². The van der Waals surface area contributed by atoms with Gasteiger partial charge in [-0.05, 0) is 0 Å². The van der Waals surface area contributed by atoms with Gasteiger partial charge in [-0.2, -0.15) is 0 Å². The number of carbonyl (C=O) groups is 1. The van der Waals surface area contributed by atoms with Crippen LogP contribution in [0.4, 0.5) is 0 Å². The summed E-state index contributed by atoms with van der Waals surface area (Å²) >= 11 is 0. The lowest BCUT2D eigenvalue weighted by Crippen LogP contribution is -2.53. The van der Waals surface area contributed by atoms with Crippen molar-refractivity contribution in [2.45, 2.75) is 43.7 Å². The van der Waals surface area contributed by atoms with Crippen LogP contribution in [-0.2, 0) is 4.79 Å². The van der Waals surface area contributed by atoms with Crippen molar-refractivity contribution in [3.05, 3.63) is 0 Å². The minimum Gasteiger partial charge on any atom is -0.394 e. The topological polar surface area (TPSA) is 118 Å². The number of aliphatic hydroxyl groups is 5. The zero-order chi connectivity index (χ0) is 13.1. The van der Waals surface area contributed by atoms with E-state index >= 15 is 0 Å². The van der Waals surface area contributed by atoms with E-state index in [4.69, 9.17) is 10.2 Å². The first-order chi connectivity index (χ1) is 7.12. The highest BCUT2D eigenvalue weighted by molar-refractivity contribution is 6.80. The highest BCUT2D eigenvalue weighted by atomic mass is 28.3. The Morgan fingerprint density at radius 1 is 1.12 bits per heavy atom. The molecule has 96 valence electrons. The first-order valence-electron chi connectivity index (χ1n) is 4.99. The molecule has 0 saturated heterocycles. The second-order valence-electron chi connectivity index (χ2n) is 4.86. The van der Waals surface area contributed by atoms with Gasteiger partial charge in [0.1, 0.15) is 24.0 Å². The van der Waals surface area contributed by atoms with Gasteiger partial charge in [0.15, 0.2) is 5.78 Å². The van der Waals surface area contributed by atoms with Gasteiger partial charge < -0.3 is 25.5 Å². The second kappa shape index (κ2) is 5.85. The molecule has 0 saturated carbocycles. The summed E-state index contributed by atoms with van der Waals surface area (Å²) in [6.07, 6.45) is -5.28. The van der Waals surface area contributed by atoms with Crippen LogP contribution in [0, 0.1) is 0 Å². The van der Waals surface area contributed by atoms with E-state index in [1.807, 2.05) is 0 Å². The Hall–Kier alpha value is -0.313. The lowest BCUT2D eigenvalue weighted by atomic mass is 10.1. The highest BCUT2D eigenvalue weighted by Gasteiger charge is 2.39. The first kappa shape index (κ1) is 15.7. The van der Waals surface area contributed by atoms with E-state index in [1.54, 1.807) is 19.6 Å². The van der Waals surface area contributed by atoms with Gasteiger partial charge in [-0.15, -0.1) is 0 Å². The largest absolute Gasteiger partial charge is 0.394 e. The molecule has 5 N–H and O–H groups in total. The van der Waals surface area contributed by atoms with E-state index < -0.39 is 44.5 Å². The van der Waals surface area contributed by atoms with Crippen molar-refractivity contribution in [3.63, 3.8) is 0 Å². The fraction of sp³-hybridized carbons (Fsp3) is 0.889. The molecule has 0 radical (unpaired) electrons. The van der Waals surface area contributed by atoms with E-state index in [2.05, 4.69) is 0 Å².